The van der Waals surface area contributed by atoms with E-state index < -0.39 is 8.03 Å². The van der Waals surface area contributed by atoms with E-state index in [-0.39, 0.29) is 5.90 Å². The standard InChI is InChI=1S/C5H12NO3P/c1-4-6(7)5(2)9-10(3)8/h7H,4H2,1-3H3/q+2. The topological polar surface area (TPSA) is 49.5 Å². The van der Waals surface area contributed by atoms with Crippen molar-refractivity contribution in [2.24, 2.45) is 0 Å². The fourth-order valence-electron chi connectivity index (χ4n) is 0.456. The van der Waals surface area contributed by atoms with Crippen LogP contribution in [-0.2, 0) is 9.09 Å². The third-order valence-electron chi connectivity index (χ3n) is 0.924. The minimum atomic E-state index is -1.67. The van der Waals surface area contributed by atoms with E-state index in [1.165, 1.54) is 6.66 Å². The van der Waals surface area contributed by atoms with Crippen molar-refractivity contribution in [1.82, 2.24) is 0 Å². The Bertz CT molecular complexity index is 166. The summed E-state index contributed by atoms with van der Waals surface area (Å²) in [6.07, 6.45) is 0. The molecule has 0 heterocycles. The molecule has 0 saturated heterocycles. The first-order chi connectivity index (χ1) is 4.57. The van der Waals surface area contributed by atoms with Crippen molar-refractivity contribution in [3.8, 4) is 0 Å². The zero-order valence-electron chi connectivity index (χ0n) is 6.37. The van der Waals surface area contributed by atoms with E-state index >= 15 is 0 Å². The molecule has 0 radical (unpaired) electrons. The summed E-state index contributed by atoms with van der Waals surface area (Å²) in [4.78, 5) is 0. The lowest BCUT2D eigenvalue weighted by Gasteiger charge is -1.86. The Morgan fingerprint density at radius 1 is 1.80 bits per heavy atom. The van der Waals surface area contributed by atoms with Crippen molar-refractivity contribution in [3.05, 3.63) is 0 Å². The van der Waals surface area contributed by atoms with Gasteiger partial charge in [-0.1, -0.05) is 0 Å². The van der Waals surface area contributed by atoms with E-state index in [2.05, 4.69) is 0 Å². The Hall–Kier alpha value is -0.630. The van der Waals surface area contributed by atoms with Crippen molar-refractivity contribution in [2.45, 2.75) is 13.8 Å². The minimum absolute atomic E-state index is 0.270. The molecule has 0 rings (SSSR count). The molecule has 0 aromatic rings. The van der Waals surface area contributed by atoms with Gasteiger partial charge in [-0.2, -0.15) is 4.52 Å². The van der Waals surface area contributed by atoms with Gasteiger partial charge in [-0.25, -0.2) is 0 Å². The first-order valence-corrected chi connectivity index (χ1v) is 4.59. The quantitative estimate of drug-likeness (QED) is 0.167. The van der Waals surface area contributed by atoms with Crippen LogP contribution in [0.15, 0.2) is 0 Å². The highest BCUT2D eigenvalue weighted by Gasteiger charge is 2.18. The third-order valence-corrected chi connectivity index (χ3v) is 1.45. The summed E-state index contributed by atoms with van der Waals surface area (Å²) in [5.74, 6) is 0.270. The van der Waals surface area contributed by atoms with Crippen LogP contribution in [0.2, 0.25) is 0 Å². The van der Waals surface area contributed by atoms with E-state index in [1.807, 2.05) is 0 Å². The summed E-state index contributed by atoms with van der Waals surface area (Å²) >= 11 is 0. The van der Waals surface area contributed by atoms with Crippen LogP contribution in [0.5, 0.6) is 0 Å². The number of nitrogens with zero attached hydrogens (tertiary/aromatic N) is 1. The van der Waals surface area contributed by atoms with Gasteiger partial charge in [0.15, 0.2) is 13.2 Å². The average Bonchev–Trinajstić information content (AvgIpc) is 1.85. The molecule has 0 saturated carbocycles. The molecule has 0 aliphatic carbocycles. The fraction of sp³-hybridized carbons (Fsp3) is 0.800. The van der Waals surface area contributed by atoms with E-state index in [4.69, 9.17) is 9.73 Å². The van der Waals surface area contributed by atoms with Crippen LogP contribution in [0, 0.1) is 0 Å². The second kappa shape index (κ2) is 4.23. The fourth-order valence-corrected chi connectivity index (χ4v) is 0.922. The average molecular weight is 165 g/mol. The molecule has 0 aromatic heterocycles. The predicted octanol–water partition coefficient (Wildman–Crippen LogP) is 1.22. The van der Waals surface area contributed by atoms with Crippen LogP contribution in [0.25, 0.3) is 0 Å². The molecule has 0 amide bonds. The second-order valence-electron chi connectivity index (χ2n) is 1.77. The molecule has 0 aliphatic heterocycles. The zero-order valence-corrected chi connectivity index (χ0v) is 7.26. The van der Waals surface area contributed by atoms with Crippen molar-refractivity contribution in [2.75, 3.05) is 13.2 Å². The van der Waals surface area contributed by atoms with Gasteiger partial charge in [0, 0.05) is 4.74 Å². The number of rotatable bonds is 2. The number of hydroxylamine groups is 1. The first kappa shape index (κ1) is 9.37. The molecule has 4 nitrogen and oxygen atoms in total. The van der Waals surface area contributed by atoms with Gasteiger partial charge in [0.1, 0.15) is 0 Å². The molecule has 1 atom stereocenters. The van der Waals surface area contributed by atoms with E-state index in [0.29, 0.717) is 6.54 Å². The molecular formula is C5H12NO3P+2. The smallest absolute Gasteiger partial charge is 0.288 e. The van der Waals surface area contributed by atoms with Crippen LogP contribution in [0.4, 0.5) is 0 Å². The van der Waals surface area contributed by atoms with Gasteiger partial charge in [0.2, 0.25) is 0 Å². The Labute approximate surface area is 61.0 Å². The third kappa shape index (κ3) is 3.41. The van der Waals surface area contributed by atoms with Gasteiger partial charge in [0.05, 0.1) is 6.92 Å². The summed E-state index contributed by atoms with van der Waals surface area (Å²) in [6.45, 7) is 5.17. The van der Waals surface area contributed by atoms with Gasteiger partial charge in [0.25, 0.3) is 0 Å². The highest BCUT2D eigenvalue weighted by atomic mass is 31.1. The van der Waals surface area contributed by atoms with Crippen LogP contribution >= 0.6 is 8.03 Å². The largest absolute Gasteiger partial charge is 0.558 e. The number of hydrogen-bond donors (Lipinski definition) is 1. The van der Waals surface area contributed by atoms with E-state index in [1.54, 1.807) is 13.8 Å². The van der Waals surface area contributed by atoms with Crippen molar-refractivity contribution in [1.29, 1.82) is 0 Å². The predicted molar refractivity (Wildman–Crippen MR) is 37.9 cm³/mol. The number of hydrogen-bond acceptors (Lipinski definition) is 3. The van der Waals surface area contributed by atoms with Gasteiger partial charge in [-0.3, -0.25) is 5.21 Å². The summed E-state index contributed by atoms with van der Waals surface area (Å²) in [7, 11) is -1.67. The Morgan fingerprint density at radius 2 is 2.30 bits per heavy atom. The SMILES string of the molecule is CC[N+](O)=C(C)O[P+](C)=O. The molecule has 0 bridgehead atoms. The molecule has 0 aliphatic rings. The Kier molecular flexibility index (Phi) is 3.96. The van der Waals surface area contributed by atoms with Crippen molar-refractivity contribution in [3.63, 3.8) is 0 Å². The molecule has 0 fully saturated rings. The van der Waals surface area contributed by atoms with Crippen molar-refractivity contribution < 1.29 is 19.0 Å². The van der Waals surface area contributed by atoms with Gasteiger partial charge < -0.3 is 0 Å². The summed E-state index contributed by atoms with van der Waals surface area (Å²) < 4.78 is 16.0. The molecule has 58 valence electrons. The van der Waals surface area contributed by atoms with Crippen LogP contribution in [-0.4, -0.2) is 29.1 Å². The van der Waals surface area contributed by atoms with Gasteiger partial charge >= 0.3 is 13.9 Å². The van der Waals surface area contributed by atoms with Crippen LogP contribution < -0.4 is 0 Å². The van der Waals surface area contributed by atoms with Crippen molar-refractivity contribution >= 4 is 13.9 Å². The maximum atomic E-state index is 10.4. The van der Waals surface area contributed by atoms with E-state index in [9.17, 15) is 4.57 Å². The molecular weight excluding hydrogens is 153 g/mol. The lowest BCUT2D eigenvalue weighted by atomic mass is 10.7. The highest BCUT2D eigenvalue weighted by Crippen LogP contribution is 2.14. The Balaban J connectivity index is 4.04. The molecule has 0 aromatic carbocycles. The molecule has 1 unspecified atom stereocenters. The lowest BCUT2D eigenvalue weighted by Crippen LogP contribution is -2.15. The van der Waals surface area contributed by atoms with E-state index in [0.717, 1.165) is 4.74 Å². The molecule has 0 spiro atoms. The van der Waals surface area contributed by atoms with Gasteiger partial charge in [-0.05, 0) is 11.5 Å². The normalized spacial score (nSPS) is 14.1. The van der Waals surface area contributed by atoms with Gasteiger partial charge in [-0.15, -0.1) is 0 Å². The Morgan fingerprint density at radius 3 is 2.60 bits per heavy atom. The minimum Gasteiger partial charge on any atom is -0.288 e. The monoisotopic (exact) mass is 165 g/mol. The summed E-state index contributed by atoms with van der Waals surface area (Å²) in [6, 6.07) is 0. The molecule has 1 N–H and O–H groups in total. The maximum absolute atomic E-state index is 10.4. The highest BCUT2D eigenvalue weighted by molar-refractivity contribution is 7.38. The second-order valence-corrected chi connectivity index (χ2v) is 2.83. The van der Waals surface area contributed by atoms with Crippen LogP contribution in [0.3, 0.4) is 0 Å². The first-order valence-electron chi connectivity index (χ1n) is 2.96. The van der Waals surface area contributed by atoms with Crippen LogP contribution in [0.1, 0.15) is 13.8 Å². The summed E-state index contributed by atoms with van der Waals surface area (Å²) in [5, 5.41) is 8.92. The summed E-state index contributed by atoms with van der Waals surface area (Å²) in [5.41, 5.74) is 0. The molecule has 5 heteroatoms. The zero-order chi connectivity index (χ0) is 8.15. The molecule has 10 heavy (non-hydrogen) atoms. The lowest BCUT2D eigenvalue weighted by molar-refractivity contribution is -0.776. The maximum Gasteiger partial charge on any atom is 0.558 e.